The molecule has 7 nitrogen and oxygen atoms in total. The molecule has 0 spiro atoms. The van der Waals surface area contributed by atoms with Crippen LogP contribution in [0.15, 0.2) is 42.7 Å². The number of amides is 1. The lowest BCUT2D eigenvalue weighted by molar-refractivity contribution is -0.116. The summed E-state index contributed by atoms with van der Waals surface area (Å²) in [6.45, 7) is 5.34. The van der Waals surface area contributed by atoms with E-state index in [2.05, 4.69) is 31.3 Å². The first kappa shape index (κ1) is 17.5. The SMILES string of the molecule is Cc1nccn1Cc1ccccc1NC(=O)CCc1cc2n(n1)CCNC2. The number of hydrogen-bond acceptors (Lipinski definition) is 4. The average molecular weight is 364 g/mol. The van der Waals surface area contributed by atoms with Gasteiger partial charge >= 0.3 is 0 Å². The van der Waals surface area contributed by atoms with Crippen LogP contribution < -0.4 is 10.6 Å². The molecule has 140 valence electrons. The molecule has 0 saturated carbocycles. The van der Waals surface area contributed by atoms with Gasteiger partial charge < -0.3 is 15.2 Å². The van der Waals surface area contributed by atoms with Crippen LogP contribution in [-0.4, -0.2) is 31.8 Å². The van der Waals surface area contributed by atoms with E-state index in [0.717, 1.165) is 42.4 Å². The average Bonchev–Trinajstić information content (AvgIpc) is 3.27. The number of imidazole rings is 1. The van der Waals surface area contributed by atoms with Gasteiger partial charge in [-0.25, -0.2) is 4.98 Å². The number of aryl methyl sites for hydroxylation is 2. The molecule has 2 aromatic heterocycles. The maximum atomic E-state index is 12.5. The number of benzene rings is 1. The van der Waals surface area contributed by atoms with Gasteiger partial charge in [0.25, 0.3) is 0 Å². The minimum Gasteiger partial charge on any atom is -0.331 e. The van der Waals surface area contributed by atoms with Crippen LogP contribution in [0.3, 0.4) is 0 Å². The predicted molar refractivity (Wildman–Crippen MR) is 103 cm³/mol. The molecule has 1 aromatic carbocycles. The first-order valence-electron chi connectivity index (χ1n) is 9.31. The van der Waals surface area contributed by atoms with Crippen LogP contribution in [0.1, 0.15) is 29.2 Å². The summed E-state index contributed by atoms with van der Waals surface area (Å²) in [5.74, 6) is 0.961. The molecule has 2 N–H and O–H groups in total. The van der Waals surface area contributed by atoms with E-state index in [9.17, 15) is 4.79 Å². The molecular weight excluding hydrogens is 340 g/mol. The van der Waals surface area contributed by atoms with Gasteiger partial charge in [-0.15, -0.1) is 0 Å². The largest absolute Gasteiger partial charge is 0.331 e. The lowest BCUT2D eigenvalue weighted by Gasteiger charge is -2.13. The van der Waals surface area contributed by atoms with E-state index < -0.39 is 0 Å². The Labute approximate surface area is 158 Å². The molecule has 0 aliphatic carbocycles. The Hall–Kier alpha value is -2.93. The highest BCUT2D eigenvalue weighted by atomic mass is 16.1. The van der Waals surface area contributed by atoms with Gasteiger partial charge in [-0.1, -0.05) is 18.2 Å². The summed E-state index contributed by atoms with van der Waals surface area (Å²) < 4.78 is 4.10. The molecule has 3 aromatic rings. The monoisotopic (exact) mass is 364 g/mol. The molecule has 3 heterocycles. The second-order valence-electron chi connectivity index (χ2n) is 6.83. The van der Waals surface area contributed by atoms with Crippen LogP contribution in [0.4, 0.5) is 5.69 Å². The number of fused-ring (bicyclic) bond motifs is 1. The van der Waals surface area contributed by atoms with Crippen molar-refractivity contribution in [1.29, 1.82) is 0 Å². The minimum absolute atomic E-state index is 0.00824. The van der Waals surface area contributed by atoms with E-state index in [-0.39, 0.29) is 5.91 Å². The van der Waals surface area contributed by atoms with Crippen molar-refractivity contribution in [3.05, 3.63) is 65.5 Å². The van der Waals surface area contributed by atoms with Crippen molar-refractivity contribution in [2.45, 2.75) is 39.4 Å². The molecule has 0 atom stereocenters. The van der Waals surface area contributed by atoms with E-state index in [0.29, 0.717) is 19.4 Å². The number of hydrogen-bond donors (Lipinski definition) is 2. The van der Waals surface area contributed by atoms with Crippen molar-refractivity contribution in [2.75, 3.05) is 11.9 Å². The number of carbonyl (C=O) groups is 1. The summed E-state index contributed by atoms with van der Waals surface area (Å²) in [5.41, 5.74) is 4.09. The van der Waals surface area contributed by atoms with Crippen LogP contribution in [-0.2, 0) is 30.8 Å². The molecule has 0 radical (unpaired) electrons. The number of carbonyl (C=O) groups excluding carboxylic acids is 1. The van der Waals surface area contributed by atoms with Gasteiger partial charge in [0.05, 0.1) is 24.5 Å². The number of anilines is 1. The van der Waals surface area contributed by atoms with Gasteiger partial charge in [0.2, 0.25) is 5.91 Å². The van der Waals surface area contributed by atoms with Crippen molar-refractivity contribution in [2.24, 2.45) is 0 Å². The highest BCUT2D eigenvalue weighted by Gasteiger charge is 2.13. The summed E-state index contributed by atoms with van der Waals surface area (Å²) in [7, 11) is 0. The molecule has 7 heteroatoms. The first-order chi connectivity index (χ1) is 13.2. The van der Waals surface area contributed by atoms with E-state index in [1.54, 1.807) is 6.20 Å². The maximum absolute atomic E-state index is 12.5. The van der Waals surface area contributed by atoms with Gasteiger partial charge in [0.1, 0.15) is 5.82 Å². The standard InChI is InChI=1S/C20H24N6O/c1-15-22-9-10-25(15)14-16-4-2-3-5-19(16)23-20(27)7-6-17-12-18-13-21-8-11-26(18)24-17/h2-5,9-10,12,21H,6-8,11,13-14H2,1H3,(H,23,27). The topological polar surface area (TPSA) is 76.8 Å². The zero-order valence-electron chi connectivity index (χ0n) is 15.5. The fourth-order valence-corrected chi connectivity index (χ4v) is 3.36. The molecule has 0 fully saturated rings. The smallest absolute Gasteiger partial charge is 0.224 e. The zero-order valence-corrected chi connectivity index (χ0v) is 15.5. The normalized spacial score (nSPS) is 13.4. The number of aromatic nitrogens is 4. The Kier molecular flexibility index (Phi) is 5.02. The third kappa shape index (κ3) is 4.09. The van der Waals surface area contributed by atoms with Crippen molar-refractivity contribution in [3.63, 3.8) is 0 Å². The van der Waals surface area contributed by atoms with Gasteiger partial charge in [0.15, 0.2) is 0 Å². The molecule has 4 rings (SSSR count). The quantitative estimate of drug-likeness (QED) is 0.702. The highest BCUT2D eigenvalue weighted by molar-refractivity contribution is 5.91. The summed E-state index contributed by atoms with van der Waals surface area (Å²) in [6.07, 6.45) is 4.80. The third-order valence-corrected chi connectivity index (χ3v) is 4.88. The molecule has 27 heavy (non-hydrogen) atoms. The summed E-state index contributed by atoms with van der Waals surface area (Å²) >= 11 is 0. The first-order valence-corrected chi connectivity index (χ1v) is 9.31. The fraction of sp³-hybridized carbons (Fsp3) is 0.350. The lowest BCUT2D eigenvalue weighted by Crippen LogP contribution is -2.28. The van der Waals surface area contributed by atoms with Gasteiger partial charge in [-0.05, 0) is 24.6 Å². The Bertz CT molecular complexity index is 918. The molecule has 0 saturated heterocycles. The Balaban J connectivity index is 1.38. The van der Waals surface area contributed by atoms with Gasteiger partial charge in [-0.2, -0.15) is 5.10 Å². The van der Waals surface area contributed by atoms with Gasteiger partial charge in [0, 0.05) is 44.0 Å². The Morgan fingerprint density at radius 1 is 1.33 bits per heavy atom. The third-order valence-electron chi connectivity index (χ3n) is 4.88. The van der Waals surface area contributed by atoms with Crippen LogP contribution >= 0.6 is 0 Å². The molecule has 0 unspecified atom stereocenters. The highest BCUT2D eigenvalue weighted by Crippen LogP contribution is 2.18. The van der Waals surface area contributed by atoms with Crippen LogP contribution in [0.5, 0.6) is 0 Å². The van der Waals surface area contributed by atoms with Crippen molar-refractivity contribution in [1.82, 2.24) is 24.6 Å². The second kappa shape index (κ2) is 7.75. The minimum atomic E-state index is 0.00824. The fourth-order valence-electron chi connectivity index (χ4n) is 3.36. The Morgan fingerprint density at radius 2 is 2.22 bits per heavy atom. The van der Waals surface area contributed by atoms with Crippen molar-refractivity contribution in [3.8, 4) is 0 Å². The second-order valence-corrected chi connectivity index (χ2v) is 6.83. The molecule has 1 amide bonds. The molecule has 1 aliphatic heterocycles. The number of rotatable bonds is 6. The molecular formula is C20H24N6O. The van der Waals surface area contributed by atoms with Gasteiger partial charge in [-0.3, -0.25) is 9.48 Å². The summed E-state index contributed by atoms with van der Waals surface area (Å²) in [5, 5.41) is 11.0. The number of nitrogens with zero attached hydrogens (tertiary/aromatic N) is 4. The van der Waals surface area contributed by atoms with Crippen LogP contribution in [0.2, 0.25) is 0 Å². The molecule has 0 bridgehead atoms. The maximum Gasteiger partial charge on any atom is 0.224 e. The van der Waals surface area contributed by atoms with E-state index >= 15 is 0 Å². The summed E-state index contributed by atoms with van der Waals surface area (Å²) in [6, 6.07) is 10.00. The zero-order chi connectivity index (χ0) is 18.6. The lowest BCUT2D eigenvalue weighted by atomic mass is 10.1. The number of nitrogens with one attached hydrogen (secondary N) is 2. The van der Waals surface area contributed by atoms with Crippen LogP contribution in [0, 0.1) is 6.92 Å². The van der Waals surface area contributed by atoms with Crippen molar-refractivity contribution < 1.29 is 4.79 Å². The predicted octanol–water partition coefficient (Wildman–Crippen LogP) is 2.11. The van der Waals surface area contributed by atoms with E-state index in [1.165, 1.54) is 5.69 Å². The Morgan fingerprint density at radius 3 is 3.04 bits per heavy atom. The van der Waals surface area contributed by atoms with E-state index in [4.69, 9.17) is 0 Å². The number of para-hydroxylation sites is 1. The molecule has 1 aliphatic rings. The van der Waals surface area contributed by atoms with E-state index in [1.807, 2.05) is 42.1 Å². The summed E-state index contributed by atoms with van der Waals surface area (Å²) in [4.78, 5) is 16.7. The van der Waals surface area contributed by atoms with Crippen molar-refractivity contribution >= 4 is 11.6 Å². The van der Waals surface area contributed by atoms with Crippen LogP contribution in [0.25, 0.3) is 0 Å².